The second-order valence-corrected chi connectivity index (χ2v) is 6.84. The summed E-state index contributed by atoms with van der Waals surface area (Å²) in [5.74, 6) is 0.0871. The largest absolute Gasteiger partial charge is 0.364 e. The molecule has 1 aliphatic rings. The highest BCUT2D eigenvalue weighted by atomic mass is 16.5. The van der Waals surface area contributed by atoms with Gasteiger partial charge in [-0.2, -0.15) is 0 Å². The Morgan fingerprint density at radius 1 is 0.846 bits per heavy atom. The molecule has 2 nitrogen and oxygen atoms in total. The van der Waals surface area contributed by atoms with Crippen molar-refractivity contribution in [2.45, 2.75) is 32.5 Å². The predicted molar refractivity (Wildman–Crippen MR) is 103 cm³/mol. The van der Waals surface area contributed by atoms with Crippen LogP contribution in [0.25, 0.3) is 0 Å². The van der Waals surface area contributed by atoms with Gasteiger partial charge in [0.15, 0.2) is 5.78 Å². The summed E-state index contributed by atoms with van der Waals surface area (Å²) in [5.41, 5.74) is 7.06. The number of fused-ring (bicyclic) bond motifs is 2. The number of hydrogen-bond donors (Lipinski definition) is 0. The molecule has 3 aromatic rings. The summed E-state index contributed by atoms with van der Waals surface area (Å²) in [5, 5.41) is 0. The van der Waals surface area contributed by atoms with Gasteiger partial charge in [-0.3, -0.25) is 4.79 Å². The number of benzene rings is 3. The SMILES string of the molecule is CC(=O)c1ccc(COC2c3ccccc3CCc3ccccc32)cc1. The second kappa shape index (κ2) is 7.27. The van der Waals surface area contributed by atoms with Crippen molar-refractivity contribution >= 4 is 5.78 Å². The highest BCUT2D eigenvalue weighted by molar-refractivity contribution is 5.93. The summed E-state index contributed by atoms with van der Waals surface area (Å²) in [6.45, 7) is 2.11. The number of hydrogen-bond acceptors (Lipinski definition) is 2. The minimum atomic E-state index is -0.0580. The van der Waals surface area contributed by atoms with E-state index < -0.39 is 0 Å². The van der Waals surface area contributed by atoms with Crippen molar-refractivity contribution in [3.8, 4) is 0 Å². The lowest BCUT2D eigenvalue weighted by atomic mass is 9.97. The Balaban J connectivity index is 1.63. The molecule has 0 saturated carbocycles. The van der Waals surface area contributed by atoms with Gasteiger partial charge in [-0.05, 0) is 47.6 Å². The fourth-order valence-electron chi connectivity index (χ4n) is 3.67. The lowest BCUT2D eigenvalue weighted by Gasteiger charge is -2.21. The average molecular weight is 342 g/mol. The summed E-state index contributed by atoms with van der Waals surface area (Å²) < 4.78 is 6.42. The summed E-state index contributed by atoms with van der Waals surface area (Å²) in [4.78, 5) is 11.4. The van der Waals surface area contributed by atoms with Gasteiger partial charge < -0.3 is 4.74 Å². The first-order valence-electron chi connectivity index (χ1n) is 9.09. The third kappa shape index (κ3) is 3.33. The van der Waals surface area contributed by atoms with Gasteiger partial charge in [0.1, 0.15) is 6.10 Å². The number of carbonyl (C=O) groups excluding carboxylic acids is 1. The Hall–Kier alpha value is -2.71. The Morgan fingerprint density at radius 3 is 1.92 bits per heavy atom. The van der Waals surface area contributed by atoms with Crippen LogP contribution in [-0.4, -0.2) is 5.78 Å². The van der Waals surface area contributed by atoms with Crippen LogP contribution >= 0.6 is 0 Å². The van der Waals surface area contributed by atoms with E-state index in [9.17, 15) is 4.79 Å². The van der Waals surface area contributed by atoms with E-state index in [4.69, 9.17) is 4.74 Å². The van der Waals surface area contributed by atoms with Gasteiger partial charge in [0, 0.05) is 5.56 Å². The smallest absolute Gasteiger partial charge is 0.159 e. The lowest BCUT2D eigenvalue weighted by molar-refractivity contribution is 0.0663. The maximum Gasteiger partial charge on any atom is 0.159 e. The van der Waals surface area contributed by atoms with E-state index >= 15 is 0 Å². The molecule has 0 saturated heterocycles. The van der Waals surface area contributed by atoms with Gasteiger partial charge in [-0.1, -0.05) is 72.8 Å². The fourth-order valence-corrected chi connectivity index (χ4v) is 3.67. The monoisotopic (exact) mass is 342 g/mol. The van der Waals surface area contributed by atoms with Crippen LogP contribution in [0, 0.1) is 0 Å². The Labute approximate surface area is 154 Å². The third-order valence-electron chi connectivity index (χ3n) is 5.12. The van der Waals surface area contributed by atoms with E-state index in [0.717, 1.165) is 24.0 Å². The first kappa shape index (κ1) is 16.7. The van der Waals surface area contributed by atoms with E-state index in [1.807, 2.05) is 24.3 Å². The number of ketones is 1. The second-order valence-electron chi connectivity index (χ2n) is 6.84. The molecule has 4 rings (SSSR count). The van der Waals surface area contributed by atoms with Crippen LogP contribution < -0.4 is 0 Å². The van der Waals surface area contributed by atoms with Crippen molar-refractivity contribution in [2.24, 2.45) is 0 Å². The molecule has 130 valence electrons. The quantitative estimate of drug-likeness (QED) is 0.602. The maximum absolute atomic E-state index is 11.4. The molecule has 1 aliphatic carbocycles. The zero-order chi connectivity index (χ0) is 17.9. The van der Waals surface area contributed by atoms with Crippen molar-refractivity contribution in [1.29, 1.82) is 0 Å². The van der Waals surface area contributed by atoms with Crippen LogP contribution in [0.4, 0.5) is 0 Å². The van der Waals surface area contributed by atoms with Gasteiger partial charge >= 0.3 is 0 Å². The summed E-state index contributed by atoms with van der Waals surface area (Å²) >= 11 is 0. The number of carbonyl (C=O) groups is 1. The maximum atomic E-state index is 11.4. The average Bonchev–Trinajstić information content (AvgIpc) is 2.84. The molecule has 0 aliphatic heterocycles. The molecule has 3 aromatic carbocycles. The molecule has 2 heteroatoms. The molecule has 0 radical (unpaired) electrons. The molecule has 0 bridgehead atoms. The fraction of sp³-hybridized carbons (Fsp3) is 0.208. The summed E-state index contributed by atoms with van der Waals surface area (Å²) in [6, 6.07) is 24.9. The predicted octanol–water partition coefficient (Wildman–Crippen LogP) is 5.29. The van der Waals surface area contributed by atoms with E-state index in [0.29, 0.717) is 6.61 Å². The minimum Gasteiger partial charge on any atom is -0.364 e. The first-order valence-corrected chi connectivity index (χ1v) is 9.09. The van der Waals surface area contributed by atoms with Gasteiger partial charge in [0.05, 0.1) is 6.61 Å². The lowest BCUT2D eigenvalue weighted by Crippen LogP contribution is -2.08. The van der Waals surface area contributed by atoms with Crippen molar-refractivity contribution in [3.05, 3.63) is 106 Å². The van der Waals surface area contributed by atoms with Crippen molar-refractivity contribution in [1.82, 2.24) is 0 Å². The van der Waals surface area contributed by atoms with Crippen molar-refractivity contribution in [3.63, 3.8) is 0 Å². The van der Waals surface area contributed by atoms with Gasteiger partial charge in [0.2, 0.25) is 0 Å². The Bertz CT molecular complexity index is 877. The van der Waals surface area contributed by atoms with Crippen molar-refractivity contribution in [2.75, 3.05) is 0 Å². The zero-order valence-corrected chi connectivity index (χ0v) is 14.9. The highest BCUT2D eigenvalue weighted by Gasteiger charge is 2.23. The molecule has 0 amide bonds. The number of rotatable bonds is 4. The molecule has 0 N–H and O–H groups in total. The molecular weight excluding hydrogens is 320 g/mol. The van der Waals surface area contributed by atoms with Crippen LogP contribution in [0.15, 0.2) is 72.8 Å². The molecule has 0 unspecified atom stereocenters. The summed E-state index contributed by atoms with van der Waals surface area (Å²) in [6.07, 6.45) is 2.03. The topological polar surface area (TPSA) is 26.3 Å². The van der Waals surface area contributed by atoms with E-state index in [1.54, 1.807) is 6.92 Å². The molecule has 0 aromatic heterocycles. The normalized spacial score (nSPS) is 13.6. The molecule has 0 heterocycles. The van der Waals surface area contributed by atoms with Crippen LogP contribution in [0.5, 0.6) is 0 Å². The molecule has 26 heavy (non-hydrogen) atoms. The van der Waals surface area contributed by atoms with Crippen molar-refractivity contribution < 1.29 is 9.53 Å². The molecule has 0 atom stereocenters. The Kier molecular flexibility index (Phi) is 4.68. The standard InChI is InChI=1S/C24H22O2/c1-17(25)19-12-10-18(11-13-19)16-26-24-22-8-4-2-6-20(22)14-15-21-7-3-5-9-23(21)24/h2-13,24H,14-16H2,1H3. The molecule has 0 spiro atoms. The first-order chi connectivity index (χ1) is 12.7. The zero-order valence-electron chi connectivity index (χ0n) is 14.9. The molecular formula is C24H22O2. The van der Waals surface area contributed by atoms with Crippen LogP contribution in [0.2, 0.25) is 0 Å². The Morgan fingerprint density at radius 2 is 1.38 bits per heavy atom. The minimum absolute atomic E-state index is 0.0580. The number of ether oxygens (including phenoxy) is 1. The number of Topliss-reactive ketones (excluding diaryl/α,β-unsaturated/α-hetero) is 1. The molecule has 0 fully saturated rings. The van der Waals surface area contributed by atoms with Crippen LogP contribution in [-0.2, 0) is 24.2 Å². The van der Waals surface area contributed by atoms with Gasteiger partial charge in [0.25, 0.3) is 0 Å². The number of aryl methyl sites for hydroxylation is 2. The van der Waals surface area contributed by atoms with Crippen LogP contribution in [0.1, 0.15) is 51.2 Å². The van der Waals surface area contributed by atoms with Gasteiger partial charge in [-0.25, -0.2) is 0 Å². The third-order valence-corrected chi connectivity index (χ3v) is 5.12. The van der Waals surface area contributed by atoms with E-state index in [2.05, 4.69) is 48.5 Å². The van der Waals surface area contributed by atoms with Gasteiger partial charge in [-0.15, -0.1) is 0 Å². The van der Waals surface area contributed by atoms with Crippen LogP contribution in [0.3, 0.4) is 0 Å². The highest BCUT2D eigenvalue weighted by Crippen LogP contribution is 2.35. The van der Waals surface area contributed by atoms with E-state index in [-0.39, 0.29) is 11.9 Å². The summed E-state index contributed by atoms with van der Waals surface area (Å²) in [7, 11) is 0. The van der Waals surface area contributed by atoms with E-state index in [1.165, 1.54) is 22.3 Å².